The third kappa shape index (κ3) is 6.68. The van der Waals surface area contributed by atoms with Crippen LogP contribution in [0.4, 0.5) is 17.1 Å². The molecule has 1 aliphatic rings. The van der Waals surface area contributed by atoms with Crippen molar-refractivity contribution in [1.82, 2.24) is 0 Å². The van der Waals surface area contributed by atoms with Gasteiger partial charge in [-0.25, -0.2) is 0 Å². The fourth-order valence-electron chi connectivity index (χ4n) is 12.0. The highest BCUT2D eigenvalue weighted by Gasteiger charge is 2.41. The molecule has 70 heavy (non-hydrogen) atoms. The van der Waals surface area contributed by atoms with Crippen molar-refractivity contribution in [3.8, 4) is 44.5 Å². The van der Waals surface area contributed by atoms with E-state index in [0.29, 0.717) is 0 Å². The van der Waals surface area contributed by atoms with Crippen molar-refractivity contribution in [1.29, 1.82) is 0 Å². The molecule has 0 unspecified atom stereocenters. The number of nitrogens with zero attached hydrogens (tertiary/aromatic N) is 1. The average Bonchev–Trinajstić information content (AvgIpc) is 3.71. The Morgan fingerprint density at radius 3 is 1.51 bits per heavy atom. The lowest BCUT2D eigenvalue weighted by molar-refractivity contribution is 0.490. The van der Waals surface area contributed by atoms with Gasteiger partial charge in [-0.2, -0.15) is 0 Å². The van der Waals surface area contributed by atoms with E-state index in [2.05, 4.69) is 267 Å². The third-order valence-electron chi connectivity index (χ3n) is 15.5. The molecule has 12 aromatic carbocycles. The molecule has 0 bridgehead atoms. The summed E-state index contributed by atoms with van der Waals surface area (Å²) in [6.07, 6.45) is 6.62. The van der Waals surface area contributed by atoms with Crippen molar-refractivity contribution in [3.63, 3.8) is 0 Å². The minimum absolute atomic E-state index is 0.0834. The van der Waals surface area contributed by atoms with Gasteiger partial charge in [-0.1, -0.05) is 220 Å². The molecule has 0 spiro atoms. The number of para-hydroxylation sites is 2. The first kappa shape index (κ1) is 41.7. The first-order valence-corrected chi connectivity index (χ1v) is 24.9. The molecule has 0 aliphatic heterocycles. The minimum atomic E-state index is -0.0834. The molecule has 12 aromatic rings. The van der Waals surface area contributed by atoms with Crippen LogP contribution in [0.15, 0.2) is 237 Å². The van der Waals surface area contributed by atoms with Gasteiger partial charge in [0.2, 0.25) is 0 Å². The highest BCUT2D eigenvalue weighted by molar-refractivity contribution is 6.34. The van der Waals surface area contributed by atoms with Gasteiger partial charge < -0.3 is 4.90 Å². The van der Waals surface area contributed by atoms with Crippen LogP contribution < -0.4 is 4.90 Å². The van der Waals surface area contributed by atoms with Crippen LogP contribution in [0.2, 0.25) is 0 Å². The highest BCUT2D eigenvalue weighted by Crippen LogP contribution is 2.55. The lowest BCUT2D eigenvalue weighted by Crippen LogP contribution is -2.23. The van der Waals surface area contributed by atoms with Crippen LogP contribution in [0.3, 0.4) is 0 Å². The Labute approximate surface area is 410 Å². The van der Waals surface area contributed by atoms with E-state index in [1.165, 1.54) is 116 Å². The Balaban J connectivity index is 0.859. The van der Waals surface area contributed by atoms with Crippen LogP contribution in [0.25, 0.3) is 99.7 Å². The zero-order valence-corrected chi connectivity index (χ0v) is 39.5. The van der Waals surface area contributed by atoms with Crippen molar-refractivity contribution >= 4 is 72.3 Å². The summed E-state index contributed by atoms with van der Waals surface area (Å²) < 4.78 is 0. The molecule has 0 N–H and O–H groups in total. The lowest BCUT2D eigenvalue weighted by atomic mass is 9.73. The Morgan fingerprint density at radius 2 is 0.843 bits per heavy atom. The van der Waals surface area contributed by atoms with E-state index in [1.54, 1.807) is 0 Å². The first-order valence-electron chi connectivity index (χ1n) is 24.9. The molecule has 0 fully saturated rings. The maximum absolute atomic E-state index is 2.46. The molecule has 332 valence electrons. The normalized spacial score (nSPS) is 12.9. The number of rotatable bonds is 10. The SMILES string of the molecule is CCC1(CC)c2cc(/C=C/c3ccc(-c4cc(-c5ccccc5)ccc4-c4ccc5c6cccc7cccc(c8cccc4c85)c76)cc3)ccc2-c2ccc(N(c3ccccc3)c3ccccc3)cc21. The molecule has 0 radical (unpaired) electrons. The van der Waals surface area contributed by atoms with Crippen LogP contribution in [-0.4, -0.2) is 0 Å². The predicted molar refractivity (Wildman–Crippen MR) is 301 cm³/mol. The summed E-state index contributed by atoms with van der Waals surface area (Å²) in [7, 11) is 0. The number of hydrogen-bond donors (Lipinski definition) is 0. The van der Waals surface area contributed by atoms with Crippen LogP contribution >= 0.6 is 0 Å². The summed E-state index contributed by atoms with van der Waals surface area (Å²) in [4.78, 5) is 2.38. The molecule has 0 saturated heterocycles. The van der Waals surface area contributed by atoms with E-state index in [0.717, 1.165) is 24.2 Å². The molecule has 1 heteroatoms. The molecule has 0 heterocycles. The molecule has 0 saturated carbocycles. The van der Waals surface area contributed by atoms with Crippen molar-refractivity contribution < 1.29 is 0 Å². The second-order valence-corrected chi connectivity index (χ2v) is 19.0. The van der Waals surface area contributed by atoms with E-state index in [1.807, 2.05) is 0 Å². The molecule has 1 nitrogen and oxygen atoms in total. The van der Waals surface area contributed by atoms with E-state index in [9.17, 15) is 0 Å². The standard InChI is InChI=1S/C69H51N/c1-3-69(4-2)65-43-47(33-38-57(65)58-40-37-54(45-66(58)69)70(52-21-10-6-11-22-52)53-23-12-7-13-24-53)30-29-46-31-34-49(35-32-46)64-44-51(48-17-8-5-9-18-48)36-39-56(64)55-41-42-63-61-26-15-20-50-19-14-25-60(67(50)61)62-28-16-27-59(55)68(62)63/h5-45H,3-4H2,1-2H3/b30-29+. The Kier molecular flexibility index (Phi) is 10.1. The summed E-state index contributed by atoms with van der Waals surface area (Å²) in [6.45, 7) is 4.72. The fourth-order valence-corrected chi connectivity index (χ4v) is 12.0. The smallest absolute Gasteiger partial charge is 0.0465 e. The van der Waals surface area contributed by atoms with Gasteiger partial charge in [0.15, 0.2) is 0 Å². The van der Waals surface area contributed by atoms with Gasteiger partial charge in [0.25, 0.3) is 0 Å². The first-order chi connectivity index (χ1) is 34.6. The number of benzene rings is 12. The van der Waals surface area contributed by atoms with Crippen molar-refractivity contribution in [3.05, 3.63) is 259 Å². The molecule has 13 rings (SSSR count). The zero-order valence-electron chi connectivity index (χ0n) is 39.5. The van der Waals surface area contributed by atoms with Crippen molar-refractivity contribution in [2.45, 2.75) is 32.1 Å². The summed E-state index contributed by atoms with van der Waals surface area (Å²) in [5.74, 6) is 0. The van der Waals surface area contributed by atoms with Crippen molar-refractivity contribution in [2.24, 2.45) is 0 Å². The van der Waals surface area contributed by atoms with E-state index in [4.69, 9.17) is 0 Å². The van der Waals surface area contributed by atoms with Gasteiger partial charge in [-0.05, 0) is 165 Å². The summed E-state index contributed by atoms with van der Waals surface area (Å²) in [6, 6.07) is 87.7. The van der Waals surface area contributed by atoms with Crippen LogP contribution in [0, 0.1) is 0 Å². The van der Waals surface area contributed by atoms with Gasteiger partial charge in [-0.15, -0.1) is 0 Å². The Bertz CT molecular complexity index is 3850. The van der Waals surface area contributed by atoms with Crippen molar-refractivity contribution in [2.75, 3.05) is 4.90 Å². The second kappa shape index (κ2) is 16.9. The monoisotopic (exact) mass is 893 g/mol. The minimum Gasteiger partial charge on any atom is -0.310 e. The maximum Gasteiger partial charge on any atom is 0.0465 e. The van der Waals surface area contributed by atoms with Gasteiger partial charge in [0.1, 0.15) is 0 Å². The average molecular weight is 894 g/mol. The number of fused-ring (bicyclic) bond motifs is 5. The molecule has 1 aliphatic carbocycles. The predicted octanol–water partition coefficient (Wildman–Crippen LogP) is 19.5. The topological polar surface area (TPSA) is 3.24 Å². The second-order valence-electron chi connectivity index (χ2n) is 19.0. The third-order valence-corrected chi connectivity index (χ3v) is 15.5. The Morgan fingerprint density at radius 1 is 0.329 bits per heavy atom. The van der Waals surface area contributed by atoms with Gasteiger partial charge in [0, 0.05) is 22.5 Å². The molecular weight excluding hydrogens is 843 g/mol. The summed E-state index contributed by atoms with van der Waals surface area (Å²) >= 11 is 0. The molecule has 0 atom stereocenters. The molecule has 0 aromatic heterocycles. The lowest BCUT2D eigenvalue weighted by Gasteiger charge is -2.32. The fraction of sp³-hybridized carbons (Fsp3) is 0.0725. The van der Waals surface area contributed by atoms with E-state index in [-0.39, 0.29) is 5.41 Å². The Hall–Kier alpha value is -8.52. The molecular formula is C69H51N. The van der Waals surface area contributed by atoms with Gasteiger partial charge in [0.05, 0.1) is 0 Å². The van der Waals surface area contributed by atoms with Crippen LogP contribution in [-0.2, 0) is 5.41 Å². The summed E-state index contributed by atoms with van der Waals surface area (Å²) in [5.41, 5.74) is 18.7. The highest BCUT2D eigenvalue weighted by atomic mass is 15.1. The maximum atomic E-state index is 2.46. The van der Waals surface area contributed by atoms with E-state index >= 15 is 0 Å². The number of hydrogen-bond acceptors (Lipinski definition) is 1. The van der Waals surface area contributed by atoms with Crippen LogP contribution in [0.5, 0.6) is 0 Å². The van der Waals surface area contributed by atoms with Crippen LogP contribution in [0.1, 0.15) is 48.9 Å². The van der Waals surface area contributed by atoms with Gasteiger partial charge >= 0.3 is 0 Å². The largest absolute Gasteiger partial charge is 0.310 e. The quantitative estimate of drug-likeness (QED) is 0.0751. The van der Waals surface area contributed by atoms with E-state index < -0.39 is 0 Å². The zero-order chi connectivity index (χ0) is 46.8. The molecule has 0 amide bonds. The van der Waals surface area contributed by atoms with Gasteiger partial charge in [-0.3, -0.25) is 0 Å². The number of anilines is 3. The summed E-state index contributed by atoms with van der Waals surface area (Å²) in [5, 5.41) is 10.5.